The molecule has 3 nitrogen and oxygen atoms in total. The average Bonchev–Trinajstić information content (AvgIpc) is 2.75. The fourth-order valence-electron chi connectivity index (χ4n) is 3.27. The quantitative estimate of drug-likeness (QED) is 0.279. The Kier molecular flexibility index (Phi) is 12.7. The number of hydrogen-bond donors (Lipinski definition) is 1. The van der Waals surface area contributed by atoms with E-state index in [1.807, 2.05) is 39.0 Å². The van der Waals surface area contributed by atoms with Gasteiger partial charge in [-0.3, -0.25) is 0 Å². The minimum Gasteiger partial charge on any atom is -0.413 e. The third kappa shape index (κ3) is 11.0. The zero-order chi connectivity index (χ0) is 30.6. The Balaban J connectivity index is 0.000000391. The molecule has 0 aliphatic rings. The van der Waals surface area contributed by atoms with Gasteiger partial charge in [-0.15, -0.1) is 0 Å². The van der Waals surface area contributed by atoms with E-state index >= 15 is 0 Å². The first-order valence-corrected chi connectivity index (χ1v) is 21.0. The zero-order valence-corrected chi connectivity index (χ0v) is 31.8. The molecule has 220 valence electrons. The first-order valence-electron chi connectivity index (χ1n) is 13.6. The molecule has 2 rings (SSSR count). The molecule has 0 aliphatic carbocycles. The van der Waals surface area contributed by atoms with E-state index in [1.165, 1.54) is 11.1 Å². The van der Waals surface area contributed by atoms with Crippen LogP contribution >= 0.6 is 31.9 Å². The van der Waals surface area contributed by atoms with Gasteiger partial charge in [0.15, 0.2) is 16.6 Å². The minimum atomic E-state index is -1.78. The predicted molar refractivity (Wildman–Crippen MR) is 182 cm³/mol. The highest BCUT2D eigenvalue weighted by Gasteiger charge is 2.38. The molecule has 0 spiro atoms. The second kappa shape index (κ2) is 13.6. The van der Waals surface area contributed by atoms with Crippen molar-refractivity contribution in [3.63, 3.8) is 0 Å². The van der Waals surface area contributed by atoms with Crippen LogP contribution in [0.1, 0.15) is 84.6 Å². The van der Waals surface area contributed by atoms with Gasteiger partial charge in [0.05, 0.1) is 18.8 Å². The number of rotatable bonds is 8. The molecule has 0 heterocycles. The van der Waals surface area contributed by atoms with E-state index in [9.17, 15) is 5.11 Å². The summed E-state index contributed by atoms with van der Waals surface area (Å²) in [7, 11) is -3.48. The molecule has 0 saturated carbocycles. The van der Waals surface area contributed by atoms with Crippen LogP contribution in [0.4, 0.5) is 0 Å². The van der Waals surface area contributed by atoms with Crippen molar-refractivity contribution in [2.45, 2.75) is 117 Å². The molecule has 2 aromatic rings. The Morgan fingerprint density at radius 3 is 1.51 bits per heavy atom. The average molecular weight is 701 g/mol. The Morgan fingerprint density at radius 2 is 1.13 bits per heavy atom. The van der Waals surface area contributed by atoms with Crippen LogP contribution in [0, 0.1) is 0 Å². The Morgan fingerprint density at radius 1 is 0.744 bits per heavy atom. The van der Waals surface area contributed by atoms with Gasteiger partial charge in [-0.05, 0) is 104 Å². The maximum absolute atomic E-state index is 10.3. The second-order valence-electron chi connectivity index (χ2n) is 14.0. The van der Waals surface area contributed by atoms with Crippen molar-refractivity contribution in [1.29, 1.82) is 0 Å². The highest BCUT2D eigenvalue weighted by molar-refractivity contribution is 9.10. The van der Waals surface area contributed by atoms with Gasteiger partial charge in [0, 0.05) is 8.95 Å². The van der Waals surface area contributed by atoms with Gasteiger partial charge in [0.25, 0.3) is 0 Å². The summed E-state index contributed by atoms with van der Waals surface area (Å²) in [6.07, 6.45) is 0. The fourth-order valence-corrected chi connectivity index (χ4v) is 5.89. The first kappa shape index (κ1) is 36.5. The molecule has 0 saturated heterocycles. The van der Waals surface area contributed by atoms with Gasteiger partial charge in [0.1, 0.15) is 0 Å². The van der Waals surface area contributed by atoms with E-state index < -0.39 is 22.2 Å². The van der Waals surface area contributed by atoms with Crippen LogP contribution in [0.2, 0.25) is 36.3 Å². The van der Waals surface area contributed by atoms with Crippen molar-refractivity contribution < 1.29 is 14.0 Å². The van der Waals surface area contributed by atoms with Crippen LogP contribution in [0.3, 0.4) is 0 Å². The molecule has 0 atom stereocenters. The van der Waals surface area contributed by atoms with Crippen molar-refractivity contribution in [1.82, 2.24) is 0 Å². The van der Waals surface area contributed by atoms with Gasteiger partial charge >= 0.3 is 0 Å². The van der Waals surface area contributed by atoms with E-state index in [1.54, 1.807) is 0 Å². The van der Waals surface area contributed by atoms with E-state index in [0.717, 1.165) is 25.6 Å². The van der Waals surface area contributed by atoms with Crippen LogP contribution in [-0.4, -0.2) is 21.7 Å². The largest absolute Gasteiger partial charge is 0.413 e. The molecule has 7 heteroatoms. The Hall–Kier alpha value is -0.546. The molecule has 0 unspecified atom stereocenters. The minimum absolute atomic E-state index is 0.192. The summed E-state index contributed by atoms with van der Waals surface area (Å²) in [5.41, 5.74) is 4.61. The van der Waals surface area contributed by atoms with Crippen molar-refractivity contribution >= 4 is 54.1 Å². The van der Waals surface area contributed by atoms with Crippen molar-refractivity contribution in [2.75, 3.05) is 0 Å². The van der Waals surface area contributed by atoms with Gasteiger partial charge in [-0.25, -0.2) is 0 Å². The molecule has 2 aromatic carbocycles. The number of allylic oxidation sites excluding steroid dienone is 1. The molecule has 0 amide bonds. The van der Waals surface area contributed by atoms with Gasteiger partial charge in [-0.1, -0.05) is 97.7 Å². The SMILES string of the molecule is C=C(C)c1cc(Br)ccc1CO[Si](C)(C)C(C)(C)C.CC(C)(O)c1cc(Br)ccc1CO[Si](C)(C)C(C)(C)C. The summed E-state index contributed by atoms with van der Waals surface area (Å²) < 4.78 is 14.6. The summed E-state index contributed by atoms with van der Waals surface area (Å²) >= 11 is 6.98. The molecule has 0 aliphatic heterocycles. The third-order valence-corrected chi connectivity index (χ3v) is 18.0. The van der Waals surface area contributed by atoms with Gasteiger partial charge in [0.2, 0.25) is 0 Å². The monoisotopic (exact) mass is 698 g/mol. The maximum atomic E-state index is 10.3. The fraction of sp³-hybridized carbons (Fsp3) is 0.562. The van der Waals surface area contributed by atoms with Crippen LogP contribution in [-0.2, 0) is 27.7 Å². The van der Waals surface area contributed by atoms with Crippen molar-refractivity contribution in [3.8, 4) is 0 Å². The van der Waals surface area contributed by atoms with Gasteiger partial charge in [-0.2, -0.15) is 0 Å². The molecular weight excluding hydrogens is 648 g/mol. The molecular formula is C32H52Br2O3Si2. The smallest absolute Gasteiger partial charge is 0.192 e. The highest BCUT2D eigenvalue weighted by atomic mass is 79.9. The number of benzene rings is 2. The lowest BCUT2D eigenvalue weighted by Crippen LogP contribution is -2.40. The number of hydrogen-bond acceptors (Lipinski definition) is 3. The molecule has 0 aromatic heterocycles. The summed E-state index contributed by atoms with van der Waals surface area (Å²) in [5, 5.41) is 10.8. The maximum Gasteiger partial charge on any atom is 0.192 e. The standard InChI is InChI=1S/C16H27BrO2Si.C16H25BrOSi/c1-15(2,3)20(6,7)19-11-12-8-9-13(17)10-14(12)16(4,5)18;1-12(2)15-10-14(17)9-8-13(15)11-18-19(6,7)16(3,4)5/h8-10,18H,11H2,1-7H3;8-10H,1,11H2,2-7H3. The second-order valence-corrected chi connectivity index (χ2v) is 25.5. The predicted octanol–water partition coefficient (Wildman–Crippen LogP) is 11.2. The summed E-state index contributed by atoms with van der Waals surface area (Å²) in [6, 6.07) is 12.3. The lowest BCUT2D eigenvalue weighted by Gasteiger charge is -2.36. The molecule has 0 bridgehead atoms. The highest BCUT2D eigenvalue weighted by Crippen LogP contribution is 2.39. The summed E-state index contributed by atoms with van der Waals surface area (Å²) in [4.78, 5) is 0. The molecule has 0 fully saturated rings. The zero-order valence-electron chi connectivity index (χ0n) is 26.6. The first-order chi connectivity index (χ1) is 17.4. The lowest BCUT2D eigenvalue weighted by atomic mass is 9.94. The lowest BCUT2D eigenvalue weighted by molar-refractivity contribution is 0.0760. The number of halogens is 2. The van der Waals surface area contributed by atoms with Gasteiger partial charge < -0.3 is 14.0 Å². The summed E-state index contributed by atoms with van der Waals surface area (Å²) in [5.74, 6) is 0. The third-order valence-electron chi connectivity index (χ3n) is 8.05. The summed E-state index contributed by atoms with van der Waals surface area (Å²) in [6.45, 7) is 33.5. The van der Waals surface area contributed by atoms with Crippen molar-refractivity contribution in [3.05, 3.63) is 74.2 Å². The van der Waals surface area contributed by atoms with Crippen LogP contribution < -0.4 is 0 Å². The van der Waals surface area contributed by atoms with E-state index in [-0.39, 0.29) is 10.1 Å². The van der Waals surface area contributed by atoms with E-state index in [4.69, 9.17) is 8.85 Å². The van der Waals surface area contributed by atoms with E-state index in [2.05, 4.69) is 124 Å². The Bertz CT molecular complexity index is 1120. The molecule has 1 N–H and O–H groups in total. The Labute approximate surface area is 258 Å². The molecule has 39 heavy (non-hydrogen) atoms. The van der Waals surface area contributed by atoms with E-state index in [0.29, 0.717) is 13.2 Å². The number of aliphatic hydroxyl groups is 1. The molecule has 0 radical (unpaired) electrons. The van der Waals surface area contributed by atoms with Crippen LogP contribution in [0.15, 0.2) is 51.9 Å². The normalized spacial score (nSPS) is 13.1. The van der Waals surface area contributed by atoms with Crippen LogP contribution in [0.25, 0.3) is 5.57 Å². The van der Waals surface area contributed by atoms with Crippen molar-refractivity contribution in [2.24, 2.45) is 0 Å². The topological polar surface area (TPSA) is 38.7 Å². The van der Waals surface area contributed by atoms with Crippen LogP contribution in [0.5, 0.6) is 0 Å².